The zero-order chi connectivity index (χ0) is 22.7. The summed E-state index contributed by atoms with van der Waals surface area (Å²) in [5.41, 5.74) is 4.68. The molecule has 3 aromatic carbocycles. The van der Waals surface area contributed by atoms with E-state index in [1.807, 2.05) is 43.3 Å². The summed E-state index contributed by atoms with van der Waals surface area (Å²) in [6.45, 7) is 2.66. The average Bonchev–Trinajstić information content (AvgIpc) is 2.83. The van der Waals surface area contributed by atoms with Crippen molar-refractivity contribution in [2.75, 3.05) is 31.0 Å². The SMILES string of the molecule is COc1ccc(OC)c(NC(=O)c2ccc3c(c2)CCCN3C(=O)c2ccc(C)cc2)c1. The zero-order valence-electron chi connectivity index (χ0n) is 18.5. The molecule has 32 heavy (non-hydrogen) atoms. The number of hydrogen-bond acceptors (Lipinski definition) is 4. The van der Waals surface area contributed by atoms with Gasteiger partial charge in [-0.05, 0) is 67.8 Å². The second-order valence-corrected chi connectivity index (χ2v) is 7.79. The van der Waals surface area contributed by atoms with Crippen molar-refractivity contribution >= 4 is 23.2 Å². The molecular weight excluding hydrogens is 404 g/mol. The first-order chi connectivity index (χ1) is 15.5. The molecule has 0 saturated heterocycles. The van der Waals surface area contributed by atoms with Crippen molar-refractivity contribution in [1.29, 1.82) is 0 Å². The molecule has 0 aromatic heterocycles. The molecule has 0 unspecified atom stereocenters. The molecule has 4 rings (SSSR count). The van der Waals surface area contributed by atoms with Gasteiger partial charge in [0.15, 0.2) is 0 Å². The maximum absolute atomic E-state index is 13.1. The molecule has 1 N–H and O–H groups in total. The van der Waals surface area contributed by atoms with E-state index in [2.05, 4.69) is 5.32 Å². The predicted molar refractivity (Wildman–Crippen MR) is 125 cm³/mol. The predicted octanol–water partition coefficient (Wildman–Crippen LogP) is 4.86. The molecule has 6 nitrogen and oxygen atoms in total. The lowest BCUT2D eigenvalue weighted by atomic mass is 9.98. The molecular formula is C26H26N2O4. The first kappa shape index (κ1) is 21.4. The number of carbonyl (C=O) groups excluding carboxylic acids is 2. The average molecular weight is 431 g/mol. The fraction of sp³-hybridized carbons (Fsp3) is 0.231. The number of aryl methyl sites for hydroxylation is 2. The number of nitrogens with zero attached hydrogens (tertiary/aromatic N) is 1. The van der Waals surface area contributed by atoms with E-state index in [4.69, 9.17) is 9.47 Å². The minimum Gasteiger partial charge on any atom is -0.497 e. The van der Waals surface area contributed by atoms with E-state index in [-0.39, 0.29) is 11.8 Å². The standard InChI is InChI=1S/C26H26N2O4/c1-17-6-8-18(9-7-17)26(30)28-14-4-5-19-15-20(10-12-23(19)28)25(29)27-22-16-21(31-2)11-13-24(22)32-3/h6-13,15-16H,4-5,14H2,1-3H3,(H,27,29). The molecule has 0 aliphatic carbocycles. The Hall–Kier alpha value is -3.80. The molecule has 164 valence electrons. The van der Waals surface area contributed by atoms with E-state index in [0.29, 0.717) is 34.9 Å². The fourth-order valence-electron chi connectivity index (χ4n) is 3.91. The molecule has 1 heterocycles. The van der Waals surface area contributed by atoms with E-state index in [0.717, 1.165) is 29.7 Å². The van der Waals surface area contributed by atoms with Crippen LogP contribution in [0, 0.1) is 6.92 Å². The molecule has 0 spiro atoms. The number of methoxy groups -OCH3 is 2. The Balaban J connectivity index is 1.58. The monoisotopic (exact) mass is 430 g/mol. The molecule has 1 aliphatic rings. The van der Waals surface area contributed by atoms with E-state index < -0.39 is 0 Å². The Labute approximate surface area is 187 Å². The summed E-state index contributed by atoms with van der Waals surface area (Å²) < 4.78 is 10.6. The minimum atomic E-state index is -0.249. The third-order valence-corrected chi connectivity index (χ3v) is 5.66. The maximum Gasteiger partial charge on any atom is 0.258 e. The molecule has 0 bridgehead atoms. The maximum atomic E-state index is 13.1. The van der Waals surface area contributed by atoms with Crippen molar-refractivity contribution < 1.29 is 19.1 Å². The number of rotatable bonds is 5. The summed E-state index contributed by atoms with van der Waals surface area (Å²) in [6, 6.07) is 18.3. The fourth-order valence-corrected chi connectivity index (χ4v) is 3.91. The summed E-state index contributed by atoms with van der Waals surface area (Å²) in [7, 11) is 3.12. The Bertz CT molecular complexity index is 1150. The molecule has 6 heteroatoms. The minimum absolute atomic E-state index is 0.0238. The van der Waals surface area contributed by atoms with Crippen molar-refractivity contribution in [2.45, 2.75) is 19.8 Å². The number of ether oxygens (including phenoxy) is 2. The van der Waals surface area contributed by atoms with Gasteiger partial charge in [-0.1, -0.05) is 17.7 Å². The van der Waals surface area contributed by atoms with Gasteiger partial charge >= 0.3 is 0 Å². The highest BCUT2D eigenvalue weighted by atomic mass is 16.5. The van der Waals surface area contributed by atoms with E-state index in [1.54, 1.807) is 43.4 Å². The van der Waals surface area contributed by atoms with Gasteiger partial charge in [0.2, 0.25) is 0 Å². The van der Waals surface area contributed by atoms with Crippen LogP contribution in [0.15, 0.2) is 60.7 Å². The summed E-state index contributed by atoms with van der Waals surface area (Å²) in [5, 5.41) is 2.90. The lowest BCUT2D eigenvalue weighted by Gasteiger charge is -2.30. The number of amides is 2. The number of anilines is 2. The van der Waals surface area contributed by atoms with E-state index in [1.165, 1.54) is 0 Å². The Morgan fingerprint density at radius 3 is 2.38 bits per heavy atom. The Kier molecular flexibility index (Phi) is 6.12. The van der Waals surface area contributed by atoms with Crippen molar-refractivity contribution in [2.24, 2.45) is 0 Å². The quantitative estimate of drug-likeness (QED) is 0.628. The summed E-state index contributed by atoms with van der Waals surface area (Å²) >= 11 is 0. The normalized spacial score (nSPS) is 12.7. The zero-order valence-corrected chi connectivity index (χ0v) is 18.5. The van der Waals surface area contributed by atoms with Gasteiger partial charge < -0.3 is 19.7 Å². The first-order valence-corrected chi connectivity index (χ1v) is 10.5. The van der Waals surface area contributed by atoms with Crippen molar-refractivity contribution in [3.8, 4) is 11.5 Å². The van der Waals surface area contributed by atoms with Crippen LogP contribution in [0.4, 0.5) is 11.4 Å². The molecule has 3 aromatic rings. The van der Waals surface area contributed by atoms with Crippen LogP contribution in [-0.2, 0) is 6.42 Å². The Morgan fingerprint density at radius 2 is 1.66 bits per heavy atom. The highest BCUT2D eigenvalue weighted by Crippen LogP contribution is 2.32. The summed E-state index contributed by atoms with van der Waals surface area (Å²) in [4.78, 5) is 27.8. The number of nitrogens with one attached hydrogen (secondary N) is 1. The van der Waals surface area contributed by atoms with Crippen LogP contribution >= 0.6 is 0 Å². The Morgan fingerprint density at radius 1 is 0.906 bits per heavy atom. The van der Waals surface area contributed by atoms with Gasteiger partial charge in [-0.3, -0.25) is 9.59 Å². The molecule has 0 radical (unpaired) electrons. The first-order valence-electron chi connectivity index (χ1n) is 10.5. The summed E-state index contributed by atoms with van der Waals surface area (Å²) in [5.74, 6) is 0.898. The van der Waals surface area contributed by atoms with Crippen LogP contribution in [0.2, 0.25) is 0 Å². The highest BCUT2D eigenvalue weighted by Gasteiger charge is 2.24. The van der Waals surface area contributed by atoms with Crippen LogP contribution in [0.1, 0.15) is 38.3 Å². The molecule has 1 aliphatic heterocycles. The number of benzene rings is 3. The van der Waals surface area contributed by atoms with Crippen molar-refractivity contribution in [1.82, 2.24) is 0 Å². The van der Waals surface area contributed by atoms with Crippen LogP contribution < -0.4 is 19.7 Å². The van der Waals surface area contributed by atoms with Gasteiger partial charge in [-0.2, -0.15) is 0 Å². The third kappa shape index (κ3) is 4.30. The van der Waals surface area contributed by atoms with Crippen LogP contribution in [-0.4, -0.2) is 32.6 Å². The van der Waals surface area contributed by atoms with Crippen molar-refractivity contribution in [3.05, 3.63) is 82.9 Å². The second kappa shape index (κ2) is 9.14. The topological polar surface area (TPSA) is 67.9 Å². The van der Waals surface area contributed by atoms with Gasteiger partial charge in [0.1, 0.15) is 11.5 Å². The largest absolute Gasteiger partial charge is 0.497 e. The number of hydrogen-bond donors (Lipinski definition) is 1. The van der Waals surface area contributed by atoms with Crippen LogP contribution in [0.25, 0.3) is 0 Å². The van der Waals surface area contributed by atoms with Gasteiger partial charge in [0, 0.05) is 29.4 Å². The van der Waals surface area contributed by atoms with Gasteiger partial charge in [-0.15, -0.1) is 0 Å². The van der Waals surface area contributed by atoms with E-state index >= 15 is 0 Å². The van der Waals surface area contributed by atoms with Crippen LogP contribution in [0.3, 0.4) is 0 Å². The van der Waals surface area contributed by atoms with Crippen molar-refractivity contribution in [3.63, 3.8) is 0 Å². The van der Waals surface area contributed by atoms with Gasteiger partial charge in [0.25, 0.3) is 11.8 Å². The highest BCUT2D eigenvalue weighted by molar-refractivity contribution is 6.08. The summed E-state index contributed by atoms with van der Waals surface area (Å²) in [6.07, 6.45) is 1.66. The van der Waals surface area contributed by atoms with Gasteiger partial charge in [-0.25, -0.2) is 0 Å². The lowest BCUT2D eigenvalue weighted by molar-refractivity contribution is 0.0984. The van der Waals surface area contributed by atoms with E-state index in [9.17, 15) is 9.59 Å². The number of fused-ring (bicyclic) bond motifs is 1. The third-order valence-electron chi connectivity index (χ3n) is 5.66. The smallest absolute Gasteiger partial charge is 0.258 e. The molecule has 2 amide bonds. The lowest BCUT2D eigenvalue weighted by Crippen LogP contribution is -2.35. The second-order valence-electron chi connectivity index (χ2n) is 7.79. The molecule has 0 atom stereocenters. The van der Waals surface area contributed by atoms with Crippen LogP contribution in [0.5, 0.6) is 11.5 Å². The molecule has 0 saturated carbocycles. The van der Waals surface area contributed by atoms with Gasteiger partial charge in [0.05, 0.1) is 19.9 Å². The number of carbonyl (C=O) groups is 2. The molecule has 0 fully saturated rings.